The molecule has 6 heteroatoms. The Morgan fingerprint density at radius 3 is 2.88 bits per heavy atom. The van der Waals surface area contributed by atoms with E-state index in [2.05, 4.69) is 21.6 Å². The molecule has 1 aromatic heterocycles. The van der Waals surface area contributed by atoms with Crippen LogP contribution in [0.3, 0.4) is 0 Å². The molecule has 0 saturated heterocycles. The molecule has 17 heavy (non-hydrogen) atoms. The fourth-order valence-electron chi connectivity index (χ4n) is 1.10. The van der Waals surface area contributed by atoms with Gasteiger partial charge in [0.15, 0.2) is 6.04 Å². The number of aromatic nitrogens is 1. The normalized spacial score (nSPS) is 11.3. The zero-order chi connectivity index (χ0) is 12.7. The second-order valence-electron chi connectivity index (χ2n) is 3.06. The van der Waals surface area contributed by atoms with Gasteiger partial charge in [-0.3, -0.25) is 4.98 Å². The summed E-state index contributed by atoms with van der Waals surface area (Å²) in [6.07, 6.45) is 2.00. The maximum atomic E-state index is 11.2. The Hall–Kier alpha value is -2.37. The fraction of sp³-hybridized carbons (Fsp3) is 0.182. The lowest BCUT2D eigenvalue weighted by Gasteiger charge is -2.13. The van der Waals surface area contributed by atoms with E-state index in [1.54, 1.807) is 12.1 Å². The van der Waals surface area contributed by atoms with Crippen LogP contribution in [0, 0.1) is 0 Å². The van der Waals surface area contributed by atoms with E-state index < -0.39 is 18.1 Å². The van der Waals surface area contributed by atoms with Crippen molar-refractivity contribution in [1.82, 2.24) is 10.3 Å². The quantitative estimate of drug-likeness (QED) is 0.748. The smallest absolute Gasteiger partial charge is 0.408 e. The van der Waals surface area contributed by atoms with E-state index in [0.717, 1.165) is 0 Å². The number of hydrogen-bond acceptors (Lipinski definition) is 4. The van der Waals surface area contributed by atoms with Crippen molar-refractivity contribution in [3.05, 3.63) is 42.7 Å². The van der Waals surface area contributed by atoms with E-state index >= 15 is 0 Å². The van der Waals surface area contributed by atoms with E-state index in [4.69, 9.17) is 5.11 Å². The Morgan fingerprint density at radius 2 is 2.35 bits per heavy atom. The molecule has 0 spiro atoms. The molecule has 0 aliphatic carbocycles. The molecule has 1 aromatic rings. The largest absolute Gasteiger partial charge is 0.479 e. The van der Waals surface area contributed by atoms with Crippen molar-refractivity contribution in [2.24, 2.45) is 0 Å². The summed E-state index contributed by atoms with van der Waals surface area (Å²) in [4.78, 5) is 26.1. The van der Waals surface area contributed by atoms with Crippen molar-refractivity contribution in [2.75, 3.05) is 6.61 Å². The molecule has 0 radical (unpaired) electrons. The van der Waals surface area contributed by atoms with E-state index in [1.807, 2.05) is 0 Å². The Morgan fingerprint density at radius 1 is 1.59 bits per heavy atom. The van der Waals surface area contributed by atoms with Gasteiger partial charge in [0.2, 0.25) is 0 Å². The third-order valence-electron chi connectivity index (χ3n) is 1.82. The van der Waals surface area contributed by atoms with Gasteiger partial charge in [-0.2, -0.15) is 0 Å². The molecule has 0 aromatic carbocycles. The molecular formula is C11H12N2O4. The number of pyridine rings is 1. The van der Waals surface area contributed by atoms with E-state index in [0.29, 0.717) is 0 Å². The number of carbonyl (C=O) groups is 2. The molecule has 0 fully saturated rings. The first-order chi connectivity index (χ1) is 8.15. The molecular weight excluding hydrogens is 224 g/mol. The lowest BCUT2D eigenvalue weighted by molar-refractivity contribution is -0.139. The van der Waals surface area contributed by atoms with Gasteiger partial charge < -0.3 is 15.2 Å². The third-order valence-corrected chi connectivity index (χ3v) is 1.82. The summed E-state index contributed by atoms with van der Waals surface area (Å²) in [6.45, 7) is 3.39. The SMILES string of the molecule is C=CCOC(=O)NC(C(=O)O)c1ccccn1. The van der Waals surface area contributed by atoms with Gasteiger partial charge in [-0.1, -0.05) is 18.7 Å². The molecule has 1 unspecified atom stereocenters. The maximum absolute atomic E-state index is 11.2. The number of alkyl carbamates (subject to hydrolysis) is 1. The fourth-order valence-corrected chi connectivity index (χ4v) is 1.10. The number of aliphatic carboxylic acids is 1. The molecule has 1 atom stereocenters. The monoisotopic (exact) mass is 236 g/mol. The van der Waals surface area contributed by atoms with Crippen molar-refractivity contribution >= 4 is 12.1 Å². The minimum absolute atomic E-state index is 0.0143. The number of rotatable bonds is 5. The number of carboxylic acid groups (broad SMARTS) is 1. The first-order valence-electron chi connectivity index (χ1n) is 4.83. The molecule has 2 N–H and O–H groups in total. The average Bonchev–Trinajstić information content (AvgIpc) is 2.34. The van der Waals surface area contributed by atoms with Gasteiger partial charge in [-0.15, -0.1) is 0 Å². The highest BCUT2D eigenvalue weighted by Crippen LogP contribution is 2.09. The van der Waals surface area contributed by atoms with Gasteiger partial charge >= 0.3 is 12.1 Å². The van der Waals surface area contributed by atoms with Crippen molar-refractivity contribution in [3.8, 4) is 0 Å². The highest BCUT2D eigenvalue weighted by molar-refractivity contribution is 5.80. The highest BCUT2D eigenvalue weighted by atomic mass is 16.5. The van der Waals surface area contributed by atoms with Crippen LogP contribution in [0.15, 0.2) is 37.1 Å². The van der Waals surface area contributed by atoms with Gasteiger partial charge in [-0.25, -0.2) is 9.59 Å². The van der Waals surface area contributed by atoms with Gasteiger partial charge in [0.1, 0.15) is 6.61 Å². The molecule has 1 heterocycles. The minimum atomic E-state index is -1.23. The predicted octanol–water partition coefficient (Wildman–Crippen LogP) is 1.12. The summed E-state index contributed by atoms with van der Waals surface area (Å²) in [5, 5.41) is 11.2. The molecule has 0 bridgehead atoms. The number of nitrogens with zero attached hydrogens (tertiary/aromatic N) is 1. The maximum Gasteiger partial charge on any atom is 0.408 e. The average molecular weight is 236 g/mol. The topological polar surface area (TPSA) is 88.5 Å². The predicted molar refractivity (Wildman–Crippen MR) is 59.3 cm³/mol. The zero-order valence-corrected chi connectivity index (χ0v) is 9.00. The Bertz CT molecular complexity index is 405. The summed E-state index contributed by atoms with van der Waals surface area (Å²) >= 11 is 0. The number of carbonyl (C=O) groups excluding carboxylic acids is 1. The summed E-state index contributed by atoms with van der Waals surface area (Å²) in [5.41, 5.74) is 0.232. The second-order valence-corrected chi connectivity index (χ2v) is 3.06. The van der Waals surface area contributed by atoms with Crippen LogP contribution in [0.4, 0.5) is 4.79 Å². The number of amides is 1. The third kappa shape index (κ3) is 3.94. The van der Waals surface area contributed by atoms with Crippen molar-refractivity contribution < 1.29 is 19.4 Å². The molecule has 90 valence electrons. The van der Waals surface area contributed by atoms with Gasteiger partial charge in [0.25, 0.3) is 0 Å². The van der Waals surface area contributed by atoms with E-state index in [9.17, 15) is 9.59 Å². The van der Waals surface area contributed by atoms with Crippen LogP contribution >= 0.6 is 0 Å². The Balaban J connectivity index is 2.71. The van der Waals surface area contributed by atoms with Crippen LogP contribution in [0.25, 0.3) is 0 Å². The molecule has 6 nitrogen and oxygen atoms in total. The van der Waals surface area contributed by atoms with E-state index in [-0.39, 0.29) is 12.3 Å². The van der Waals surface area contributed by atoms with Gasteiger partial charge in [0.05, 0.1) is 5.69 Å². The van der Waals surface area contributed by atoms with Gasteiger partial charge in [0, 0.05) is 6.20 Å². The summed E-state index contributed by atoms with van der Waals surface area (Å²) in [6, 6.07) is 3.56. The molecule has 1 amide bonds. The first kappa shape index (κ1) is 12.7. The van der Waals surface area contributed by atoms with Crippen LogP contribution in [0.5, 0.6) is 0 Å². The van der Waals surface area contributed by atoms with Crippen molar-refractivity contribution in [1.29, 1.82) is 0 Å². The highest BCUT2D eigenvalue weighted by Gasteiger charge is 2.23. The van der Waals surface area contributed by atoms with Crippen LogP contribution < -0.4 is 5.32 Å². The number of carboxylic acids is 1. The summed E-state index contributed by atoms with van der Waals surface area (Å²) in [7, 11) is 0. The van der Waals surface area contributed by atoms with Crippen LogP contribution in [0.1, 0.15) is 11.7 Å². The van der Waals surface area contributed by atoms with Crippen LogP contribution in [0.2, 0.25) is 0 Å². The van der Waals surface area contributed by atoms with Gasteiger partial charge in [-0.05, 0) is 12.1 Å². The van der Waals surface area contributed by atoms with E-state index in [1.165, 1.54) is 18.3 Å². The number of nitrogens with one attached hydrogen (secondary N) is 1. The standard InChI is InChI=1S/C11H12N2O4/c1-2-7-17-11(16)13-9(10(14)15)8-5-3-4-6-12-8/h2-6,9H,1,7H2,(H,13,16)(H,14,15). The zero-order valence-electron chi connectivity index (χ0n) is 9.00. The lowest BCUT2D eigenvalue weighted by Crippen LogP contribution is -2.34. The first-order valence-corrected chi connectivity index (χ1v) is 4.83. The van der Waals surface area contributed by atoms with Crippen molar-refractivity contribution in [2.45, 2.75) is 6.04 Å². The minimum Gasteiger partial charge on any atom is -0.479 e. The van der Waals surface area contributed by atoms with Crippen molar-refractivity contribution in [3.63, 3.8) is 0 Å². The molecule has 0 saturated carbocycles. The van der Waals surface area contributed by atoms with Crippen LogP contribution in [-0.4, -0.2) is 28.8 Å². The summed E-state index contributed by atoms with van der Waals surface area (Å²) < 4.78 is 4.63. The Labute approximate surface area is 97.9 Å². The lowest BCUT2D eigenvalue weighted by atomic mass is 10.2. The molecule has 1 rings (SSSR count). The number of hydrogen-bond donors (Lipinski definition) is 2. The second kappa shape index (κ2) is 6.26. The van der Waals surface area contributed by atoms with Crippen LogP contribution in [-0.2, 0) is 9.53 Å². The molecule has 0 aliphatic rings. The Kier molecular flexibility index (Phi) is 4.68. The number of ether oxygens (including phenoxy) is 1. The summed E-state index contributed by atoms with van der Waals surface area (Å²) in [5.74, 6) is -1.21. The molecule has 0 aliphatic heterocycles.